The summed E-state index contributed by atoms with van der Waals surface area (Å²) in [5.41, 5.74) is 2.06. The van der Waals surface area contributed by atoms with Crippen molar-refractivity contribution in [1.82, 2.24) is 10.6 Å². The lowest BCUT2D eigenvalue weighted by Gasteiger charge is -2.13. The quantitative estimate of drug-likeness (QED) is 0.780. The van der Waals surface area contributed by atoms with Crippen LogP contribution < -0.4 is 21.3 Å². The van der Waals surface area contributed by atoms with Crippen LogP contribution in [0.5, 0.6) is 0 Å². The Balaban J connectivity index is 2.00. The number of amides is 1. The van der Waals surface area contributed by atoms with Crippen LogP contribution in [-0.2, 0) is 6.54 Å². The molecular weight excluding hydrogens is 334 g/mol. The van der Waals surface area contributed by atoms with Gasteiger partial charge in [-0.1, -0.05) is 6.58 Å². The SMILES string of the molecule is C=c1oc(C)c(C(=O)NCc2ccsc2)/c1=C(/N=C\C)NC1(C)CC1. The van der Waals surface area contributed by atoms with E-state index in [-0.39, 0.29) is 11.4 Å². The van der Waals surface area contributed by atoms with Crippen LogP contribution in [0, 0.1) is 6.92 Å². The highest BCUT2D eigenvalue weighted by Gasteiger charge is 2.38. The minimum atomic E-state index is -0.177. The van der Waals surface area contributed by atoms with Crippen LogP contribution in [0.2, 0.25) is 0 Å². The lowest BCUT2D eigenvalue weighted by atomic mass is 10.1. The molecule has 2 aromatic heterocycles. The van der Waals surface area contributed by atoms with E-state index < -0.39 is 0 Å². The van der Waals surface area contributed by atoms with Crippen LogP contribution in [0.25, 0.3) is 12.4 Å². The first-order valence-electron chi connectivity index (χ1n) is 8.32. The largest absolute Gasteiger partial charge is 0.461 e. The monoisotopic (exact) mass is 357 g/mol. The summed E-state index contributed by atoms with van der Waals surface area (Å²) in [6.45, 7) is 10.2. The van der Waals surface area contributed by atoms with Gasteiger partial charge in [-0.3, -0.25) is 4.79 Å². The summed E-state index contributed by atoms with van der Waals surface area (Å²) in [6.07, 6.45) is 3.88. The number of carbonyl (C=O) groups is 1. The molecule has 25 heavy (non-hydrogen) atoms. The van der Waals surface area contributed by atoms with Crippen molar-refractivity contribution in [1.29, 1.82) is 0 Å². The highest BCUT2D eigenvalue weighted by molar-refractivity contribution is 7.07. The molecule has 2 N–H and O–H groups in total. The van der Waals surface area contributed by atoms with Crippen LogP contribution >= 0.6 is 11.3 Å². The number of nitrogens with one attached hydrogen (secondary N) is 2. The second-order valence-electron chi connectivity index (χ2n) is 6.57. The third-order valence-corrected chi connectivity index (χ3v) is 5.06. The molecule has 1 amide bonds. The smallest absolute Gasteiger partial charge is 0.255 e. The number of thiophene rings is 1. The number of hydrogen-bond acceptors (Lipinski definition) is 5. The van der Waals surface area contributed by atoms with E-state index in [0.717, 1.165) is 18.4 Å². The van der Waals surface area contributed by atoms with E-state index in [2.05, 4.69) is 29.1 Å². The molecule has 1 aliphatic carbocycles. The lowest BCUT2D eigenvalue weighted by Crippen LogP contribution is -2.38. The van der Waals surface area contributed by atoms with Crippen LogP contribution in [0.1, 0.15) is 48.4 Å². The number of aliphatic imine (C=N–C) groups is 1. The fourth-order valence-corrected chi connectivity index (χ4v) is 3.35. The normalized spacial score (nSPS) is 16.8. The molecular formula is C19H23N3O2S. The van der Waals surface area contributed by atoms with E-state index in [1.807, 2.05) is 23.8 Å². The van der Waals surface area contributed by atoms with E-state index in [4.69, 9.17) is 4.42 Å². The zero-order chi connectivity index (χ0) is 18.0. The van der Waals surface area contributed by atoms with Gasteiger partial charge in [0.15, 0.2) is 0 Å². The van der Waals surface area contributed by atoms with Gasteiger partial charge in [-0.15, -0.1) is 0 Å². The maximum atomic E-state index is 12.8. The molecule has 3 rings (SSSR count). The average Bonchev–Trinajstić information content (AvgIpc) is 2.98. The average molecular weight is 357 g/mol. The van der Waals surface area contributed by atoms with Gasteiger partial charge >= 0.3 is 0 Å². The van der Waals surface area contributed by atoms with E-state index >= 15 is 0 Å². The summed E-state index contributed by atoms with van der Waals surface area (Å²) >= 11 is 1.61. The molecule has 2 aromatic rings. The van der Waals surface area contributed by atoms with E-state index in [9.17, 15) is 4.79 Å². The second kappa shape index (κ2) is 6.88. The molecule has 1 aliphatic rings. The Morgan fingerprint density at radius 1 is 1.52 bits per heavy atom. The molecule has 0 spiro atoms. The first-order chi connectivity index (χ1) is 11.9. The number of aryl methyl sites for hydroxylation is 1. The van der Waals surface area contributed by atoms with Gasteiger partial charge in [0.25, 0.3) is 5.91 Å². The summed E-state index contributed by atoms with van der Waals surface area (Å²) in [5, 5.41) is 11.1. The van der Waals surface area contributed by atoms with Gasteiger partial charge < -0.3 is 15.1 Å². The van der Waals surface area contributed by atoms with Crippen LogP contribution in [0.4, 0.5) is 0 Å². The van der Waals surface area contributed by atoms with Crippen molar-refractivity contribution in [2.75, 3.05) is 0 Å². The molecule has 0 aromatic carbocycles. The van der Waals surface area contributed by atoms with Gasteiger partial charge in [0.1, 0.15) is 17.0 Å². The topological polar surface area (TPSA) is 66.6 Å². The van der Waals surface area contributed by atoms with E-state index in [1.54, 1.807) is 24.5 Å². The molecule has 0 unspecified atom stereocenters. The van der Waals surface area contributed by atoms with Crippen molar-refractivity contribution in [3.05, 3.63) is 44.3 Å². The van der Waals surface area contributed by atoms with Crippen molar-refractivity contribution in [3.8, 4) is 0 Å². The highest BCUT2D eigenvalue weighted by atomic mass is 32.1. The number of rotatable bonds is 6. The highest BCUT2D eigenvalue weighted by Crippen LogP contribution is 2.35. The zero-order valence-electron chi connectivity index (χ0n) is 14.8. The van der Waals surface area contributed by atoms with Gasteiger partial charge in [0.2, 0.25) is 0 Å². The molecule has 0 saturated heterocycles. The molecule has 0 aliphatic heterocycles. The summed E-state index contributed by atoms with van der Waals surface area (Å²) in [4.78, 5) is 17.2. The van der Waals surface area contributed by atoms with Crippen LogP contribution in [0.3, 0.4) is 0 Å². The molecule has 0 radical (unpaired) electrons. The molecule has 0 atom stereocenters. The third kappa shape index (κ3) is 3.85. The predicted molar refractivity (Wildman–Crippen MR) is 102 cm³/mol. The van der Waals surface area contributed by atoms with Gasteiger partial charge in [0.05, 0.1) is 10.8 Å². The Morgan fingerprint density at radius 3 is 2.88 bits per heavy atom. The Kier molecular flexibility index (Phi) is 4.81. The van der Waals surface area contributed by atoms with Crippen LogP contribution in [-0.4, -0.2) is 17.7 Å². The van der Waals surface area contributed by atoms with Crippen molar-refractivity contribution in [2.24, 2.45) is 4.99 Å². The summed E-state index contributed by atoms with van der Waals surface area (Å²) in [5.74, 6) is 1.02. The molecule has 2 heterocycles. The first kappa shape index (κ1) is 17.5. The minimum absolute atomic E-state index is 0.0316. The van der Waals surface area contributed by atoms with Gasteiger partial charge in [-0.05, 0) is 56.0 Å². The van der Waals surface area contributed by atoms with Gasteiger partial charge in [-0.2, -0.15) is 11.3 Å². The molecule has 0 bridgehead atoms. The summed E-state index contributed by atoms with van der Waals surface area (Å²) in [7, 11) is 0. The molecule has 5 nitrogen and oxygen atoms in total. The van der Waals surface area contributed by atoms with Crippen LogP contribution in [0.15, 0.2) is 26.2 Å². The Hall–Kier alpha value is -2.34. The Morgan fingerprint density at radius 2 is 2.28 bits per heavy atom. The van der Waals surface area contributed by atoms with Gasteiger partial charge in [0, 0.05) is 18.3 Å². The third-order valence-electron chi connectivity index (χ3n) is 4.33. The summed E-state index contributed by atoms with van der Waals surface area (Å²) in [6, 6.07) is 2.00. The fourth-order valence-electron chi connectivity index (χ4n) is 2.68. The van der Waals surface area contributed by atoms with Crippen molar-refractivity contribution >= 4 is 35.9 Å². The first-order valence-corrected chi connectivity index (χ1v) is 9.26. The maximum Gasteiger partial charge on any atom is 0.255 e. The number of furan rings is 1. The van der Waals surface area contributed by atoms with Crippen molar-refractivity contribution in [3.63, 3.8) is 0 Å². The van der Waals surface area contributed by atoms with Crippen molar-refractivity contribution < 1.29 is 9.21 Å². The fraction of sp³-hybridized carbons (Fsp3) is 0.368. The van der Waals surface area contributed by atoms with E-state index in [0.29, 0.717) is 34.3 Å². The van der Waals surface area contributed by atoms with Gasteiger partial charge in [-0.25, -0.2) is 4.99 Å². The standard InChI is InChI=1S/C19H23N3O2S/c1-5-20-17(22-19(4)7-8-19)15-12(2)24-13(3)16(15)18(23)21-10-14-6-9-25-11-14/h5-6,9,11,22H,2,7-8,10H2,1,3-4H3,(H,21,23)/b17-15-,20-5-. The lowest BCUT2D eigenvalue weighted by molar-refractivity contribution is 0.0948. The Labute approximate surface area is 151 Å². The minimum Gasteiger partial charge on any atom is -0.461 e. The number of hydrogen-bond donors (Lipinski definition) is 2. The maximum absolute atomic E-state index is 12.8. The second-order valence-corrected chi connectivity index (χ2v) is 7.35. The summed E-state index contributed by atoms with van der Waals surface area (Å²) < 4.78 is 5.66. The van der Waals surface area contributed by atoms with E-state index in [1.165, 1.54) is 0 Å². The number of carbonyl (C=O) groups excluding carboxylic acids is 1. The van der Waals surface area contributed by atoms with Crippen molar-refractivity contribution in [2.45, 2.75) is 45.7 Å². The molecule has 1 fully saturated rings. The number of nitrogens with zero attached hydrogens (tertiary/aromatic N) is 1. The predicted octanol–water partition coefficient (Wildman–Crippen LogP) is 2.29. The molecule has 6 heteroatoms. The Bertz CT molecular complexity index is 905. The zero-order valence-corrected chi connectivity index (χ0v) is 15.6. The molecule has 1 saturated carbocycles. The molecule has 132 valence electrons.